The molecule has 0 saturated carbocycles. The van der Waals surface area contributed by atoms with Gasteiger partial charge in [0.25, 0.3) is 5.91 Å². The van der Waals surface area contributed by atoms with E-state index in [1.54, 1.807) is 37.2 Å². The minimum absolute atomic E-state index is 0.183. The summed E-state index contributed by atoms with van der Waals surface area (Å²) in [4.78, 5) is 23.4. The molecule has 6 rings (SSSR count). The molecule has 0 saturated heterocycles. The third-order valence-electron chi connectivity index (χ3n) is 6.82. The maximum absolute atomic E-state index is 15.5. The smallest absolute Gasteiger partial charge is 0.383 e. The van der Waals surface area contributed by atoms with Crippen molar-refractivity contribution >= 4 is 39.3 Å². The largest absolute Gasteiger partial charge is 0.433 e. The summed E-state index contributed by atoms with van der Waals surface area (Å²) in [6.07, 6.45) is -0.907. The number of nitrogens with zero attached hydrogens (tertiary/aromatic N) is 7. The summed E-state index contributed by atoms with van der Waals surface area (Å²) in [5.41, 5.74) is 6.33. The molecule has 0 aliphatic heterocycles. The monoisotopic (exact) mass is 524 g/mol. The fourth-order valence-electron chi connectivity index (χ4n) is 5.08. The number of aryl methyl sites for hydroxylation is 3. The Morgan fingerprint density at radius 2 is 1.92 bits per heavy atom. The minimum Gasteiger partial charge on any atom is -0.383 e. The first kappa shape index (κ1) is 23.8. The fraction of sp³-hybridized carbons (Fsp3) is 0.240. The van der Waals surface area contributed by atoms with Crippen LogP contribution in [0.15, 0.2) is 42.7 Å². The lowest BCUT2D eigenvalue weighted by Crippen LogP contribution is -2.35. The number of benzene rings is 1. The maximum atomic E-state index is 15.5. The number of fused-ring (bicyclic) bond motifs is 4. The first-order chi connectivity index (χ1) is 18.0. The van der Waals surface area contributed by atoms with E-state index in [0.717, 1.165) is 12.1 Å². The minimum atomic E-state index is -4.59. The number of halogens is 4. The van der Waals surface area contributed by atoms with Crippen LogP contribution < -0.4 is 10.6 Å². The van der Waals surface area contributed by atoms with E-state index in [-0.39, 0.29) is 34.8 Å². The summed E-state index contributed by atoms with van der Waals surface area (Å²) in [7, 11) is 3.36. The molecule has 0 radical (unpaired) electrons. The van der Waals surface area contributed by atoms with Crippen molar-refractivity contribution in [3.8, 4) is 0 Å². The summed E-state index contributed by atoms with van der Waals surface area (Å²) < 4.78 is 58.2. The lowest BCUT2D eigenvalue weighted by atomic mass is 10.0. The highest BCUT2D eigenvalue weighted by molar-refractivity contribution is 6.13. The molecule has 13 heteroatoms. The predicted molar refractivity (Wildman–Crippen MR) is 131 cm³/mol. The average molecular weight is 524 g/mol. The zero-order valence-electron chi connectivity index (χ0n) is 20.2. The third kappa shape index (κ3) is 3.64. The van der Waals surface area contributed by atoms with Crippen molar-refractivity contribution in [1.29, 1.82) is 0 Å². The number of rotatable bonds is 3. The van der Waals surface area contributed by atoms with Gasteiger partial charge in [0.1, 0.15) is 17.3 Å². The van der Waals surface area contributed by atoms with Crippen molar-refractivity contribution in [2.45, 2.75) is 25.1 Å². The number of pyridine rings is 2. The maximum Gasteiger partial charge on any atom is 0.433 e. The number of hydrogen-bond donors (Lipinski definition) is 1. The van der Waals surface area contributed by atoms with Crippen LogP contribution in [-0.2, 0) is 26.7 Å². The molecule has 1 amide bonds. The van der Waals surface area contributed by atoms with Crippen LogP contribution in [0.1, 0.15) is 39.8 Å². The number of anilines is 2. The number of aromatic nitrogens is 6. The van der Waals surface area contributed by atoms with Gasteiger partial charge in [-0.1, -0.05) is 6.07 Å². The topological polar surface area (TPSA) is 108 Å². The van der Waals surface area contributed by atoms with Gasteiger partial charge >= 0.3 is 6.18 Å². The van der Waals surface area contributed by atoms with E-state index in [0.29, 0.717) is 28.3 Å². The van der Waals surface area contributed by atoms with Crippen LogP contribution >= 0.6 is 0 Å². The van der Waals surface area contributed by atoms with E-state index in [1.807, 2.05) is 0 Å². The number of amides is 1. The van der Waals surface area contributed by atoms with Gasteiger partial charge in [-0.3, -0.25) is 19.1 Å². The standard InChI is InChI=1S/C25H20F4N8O/c1-35-8-7-21(34-35)37(19-5-4-17-12(19)3-6-20(32-17)25(27,28)29)24(38)13-9-14-18(10-16(13)26)33-23(30)15-11-31-36(2)22(14)15/h3,6-11,19H,4-5H2,1-2H3,(H2,30,33). The van der Waals surface area contributed by atoms with Crippen molar-refractivity contribution < 1.29 is 22.4 Å². The molecule has 4 aromatic heterocycles. The number of nitrogen functional groups attached to an aromatic ring is 1. The van der Waals surface area contributed by atoms with Crippen LogP contribution in [0.5, 0.6) is 0 Å². The molecule has 4 heterocycles. The Labute approximate surface area is 212 Å². The molecule has 1 aliphatic carbocycles. The highest BCUT2D eigenvalue weighted by Gasteiger charge is 2.39. The molecule has 1 atom stereocenters. The van der Waals surface area contributed by atoms with Gasteiger partial charge in [-0.2, -0.15) is 23.4 Å². The van der Waals surface area contributed by atoms with Gasteiger partial charge in [0.05, 0.1) is 34.2 Å². The Morgan fingerprint density at radius 3 is 2.63 bits per heavy atom. The van der Waals surface area contributed by atoms with Crippen molar-refractivity contribution in [2.75, 3.05) is 10.6 Å². The quantitative estimate of drug-likeness (QED) is 0.352. The van der Waals surface area contributed by atoms with E-state index < -0.39 is 29.6 Å². The van der Waals surface area contributed by atoms with Gasteiger partial charge in [-0.05, 0) is 30.5 Å². The van der Waals surface area contributed by atoms with Gasteiger partial charge in [0, 0.05) is 43.5 Å². The zero-order chi connectivity index (χ0) is 26.9. The van der Waals surface area contributed by atoms with Gasteiger partial charge in [-0.25, -0.2) is 14.4 Å². The third-order valence-corrected chi connectivity index (χ3v) is 6.82. The van der Waals surface area contributed by atoms with Crippen LogP contribution in [0.4, 0.5) is 29.2 Å². The van der Waals surface area contributed by atoms with Crippen LogP contribution in [0.25, 0.3) is 21.8 Å². The van der Waals surface area contributed by atoms with Crippen molar-refractivity contribution in [3.63, 3.8) is 0 Å². The van der Waals surface area contributed by atoms with Crippen LogP contribution in [0.2, 0.25) is 0 Å². The Balaban J connectivity index is 1.50. The average Bonchev–Trinajstić information content (AvgIpc) is 3.58. The molecule has 1 aliphatic rings. The molecule has 2 N–H and O–H groups in total. The number of alkyl halides is 3. The molecule has 38 heavy (non-hydrogen) atoms. The van der Waals surface area contributed by atoms with Gasteiger partial charge in [-0.15, -0.1) is 0 Å². The summed E-state index contributed by atoms with van der Waals surface area (Å²) in [6, 6.07) is 5.66. The van der Waals surface area contributed by atoms with Gasteiger partial charge in [0.2, 0.25) is 0 Å². The molecular weight excluding hydrogens is 504 g/mol. The Hall–Kier alpha value is -4.55. The van der Waals surface area contributed by atoms with Crippen LogP contribution in [0.3, 0.4) is 0 Å². The van der Waals surface area contributed by atoms with Gasteiger partial charge in [0.15, 0.2) is 5.82 Å². The predicted octanol–water partition coefficient (Wildman–Crippen LogP) is 4.32. The molecule has 1 unspecified atom stereocenters. The molecule has 0 spiro atoms. The van der Waals surface area contributed by atoms with Crippen LogP contribution in [0, 0.1) is 5.82 Å². The zero-order valence-corrected chi connectivity index (χ0v) is 20.2. The Bertz CT molecular complexity index is 1760. The van der Waals surface area contributed by atoms with Crippen LogP contribution in [-0.4, -0.2) is 35.4 Å². The summed E-state index contributed by atoms with van der Waals surface area (Å²) >= 11 is 0. The first-order valence-corrected chi connectivity index (χ1v) is 11.6. The summed E-state index contributed by atoms with van der Waals surface area (Å²) in [6.45, 7) is 0. The lowest BCUT2D eigenvalue weighted by Gasteiger charge is -2.28. The molecule has 0 fully saturated rings. The molecular formula is C25H20F4N8O. The first-order valence-electron chi connectivity index (χ1n) is 11.6. The van der Waals surface area contributed by atoms with Crippen molar-refractivity contribution in [1.82, 2.24) is 29.5 Å². The number of hydrogen-bond acceptors (Lipinski definition) is 6. The SMILES string of the molecule is Cn1ccc(N(C(=O)c2cc3c(cc2F)nc(N)c2cnn(C)c23)C2CCc3nc(C(F)(F)F)ccc32)n1. The van der Waals surface area contributed by atoms with E-state index >= 15 is 4.39 Å². The van der Waals surface area contributed by atoms with E-state index in [9.17, 15) is 18.0 Å². The van der Waals surface area contributed by atoms with Crippen molar-refractivity contribution in [3.05, 3.63) is 71.1 Å². The van der Waals surface area contributed by atoms with E-state index in [2.05, 4.69) is 20.2 Å². The molecule has 194 valence electrons. The lowest BCUT2D eigenvalue weighted by molar-refractivity contribution is -0.141. The molecule has 9 nitrogen and oxygen atoms in total. The molecule has 1 aromatic carbocycles. The highest BCUT2D eigenvalue weighted by atomic mass is 19.4. The second-order valence-electron chi connectivity index (χ2n) is 9.18. The van der Waals surface area contributed by atoms with Gasteiger partial charge < -0.3 is 5.73 Å². The Morgan fingerprint density at radius 1 is 1.13 bits per heavy atom. The molecule has 0 bridgehead atoms. The fourth-order valence-corrected chi connectivity index (χ4v) is 5.08. The normalized spacial score (nSPS) is 15.4. The number of carbonyl (C=O) groups is 1. The van der Waals surface area contributed by atoms with E-state index in [4.69, 9.17) is 5.73 Å². The highest BCUT2D eigenvalue weighted by Crippen LogP contribution is 2.40. The van der Waals surface area contributed by atoms with Crippen molar-refractivity contribution in [2.24, 2.45) is 14.1 Å². The second kappa shape index (κ2) is 8.23. The second-order valence-corrected chi connectivity index (χ2v) is 9.18. The summed E-state index contributed by atoms with van der Waals surface area (Å²) in [5.74, 6) is -1.10. The van der Waals surface area contributed by atoms with E-state index in [1.165, 1.54) is 21.7 Å². The number of carbonyl (C=O) groups excluding carboxylic acids is 1. The number of nitrogens with two attached hydrogens (primary N) is 1. The summed E-state index contributed by atoms with van der Waals surface area (Å²) in [5, 5.41) is 9.59. The molecule has 5 aromatic rings. The Kier molecular flexibility index (Phi) is 5.16.